The minimum atomic E-state index is -0.409. The maximum atomic E-state index is 13.0. The molecule has 6 nitrogen and oxygen atoms in total. The van der Waals surface area contributed by atoms with Crippen LogP contribution >= 0.6 is 0 Å². The van der Waals surface area contributed by atoms with Crippen molar-refractivity contribution in [3.63, 3.8) is 0 Å². The predicted octanol–water partition coefficient (Wildman–Crippen LogP) is 4.14. The smallest absolute Gasteiger partial charge is 0.255 e. The van der Waals surface area contributed by atoms with Crippen LogP contribution < -0.4 is 16.0 Å². The Kier molecular flexibility index (Phi) is 9.68. The van der Waals surface area contributed by atoms with Gasteiger partial charge in [0.05, 0.1) is 0 Å². The molecule has 0 heterocycles. The number of carbonyl (C=O) groups is 3. The van der Waals surface area contributed by atoms with Crippen molar-refractivity contribution < 1.29 is 18.8 Å². The quantitative estimate of drug-likeness (QED) is 0.471. The van der Waals surface area contributed by atoms with Gasteiger partial charge in [0.1, 0.15) is 5.82 Å². The molecule has 3 N–H and O–H groups in total. The van der Waals surface area contributed by atoms with Crippen molar-refractivity contribution in [2.75, 3.05) is 18.4 Å². The van der Waals surface area contributed by atoms with Gasteiger partial charge >= 0.3 is 0 Å². The number of amides is 3. The molecule has 0 aliphatic rings. The summed E-state index contributed by atoms with van der Waals surface area (Å²) >= 11 is 0. The summed E-state index contributed by atoms with van der Waals surface area (Å²) < 4.78 is 13.0. The van der Waals surface area contributed by atoms with Gasteiger partial charge in [-0.3, -0.25) is 14.4 Å². The minimum Gasteiger partial charge on any atom is -0.354 e. The van der Waals surface area contributed by atoms with E-state index in [1.165, 1.54) is 24.3 Å². The molecule has 31 heavy (non-hydrogen) atoms. The summed E-state index contributed by atoms with van der Waals surface area (Å²) in [7, 11) is 0. The van der Waals surface area contributed by atoms with Crippen molar-refractivity contribution in [3.05, 3.63) is 65.5 Å². The van der Waals surface area contributed by atoms with Gasteiger partial charge in [-0.1, -0.05) is 26.7 Å². The zero-order valence-electron chi connectivity index (χ0n) is 18.0. The Bertz CT molecular complexity index is 861. The lowest BCUT2D eigenvalue weighted by Crippen LogP contribution is -2.37. The number of hydrogen-bond acceptors (Lipinski definition) is 3. The second-order valence-corrected chi connectivity index (χ2v) is 7.36. The van der Waals surface area contributed by atoms with Gasteiger partial charge in [-0.15, -0.1) is 0 Å². The fourth-order valence-electron chi connectivity index (χ4n) is 3.22. The van der Waals surface area contributed by atoms with Crippen LogP contribution in [-0.2, 0) is 4.79 Å². The van der Waals surface area contributed by atoms with Crippen LogP contribution in [0.1, 0.15) is 60.2 Å². The molecule has 0 radical (unpaired) electrons. The highest BCUT2D eigenvalue weighted by atomic mass is 19.1. The van der Waals surface area contributed by atoms with Gasteiger partial charge < -0.3 is 16.0 Å². The van der Waals surface area contributed by atoms with E-state index in [-0.39, 0.29) is 23.6 Å². The van der Waals surface area contributed by atoms with E-state index < -0.39 is 5.82 Å². The zero-order chi connectivity index (χ0) is 22.6. The Morgan fingerprint density at radius 3 is 1.87 bits per heavy atom. The first kappa shape index (κ1) is 24.1. The van der Waals surface area contributed by atoms with Crippen LogP contribution in [0.4, 0.5) is 10.1 Å². The fraction of sp³-hybridized carbons (Fsp3) is 0.375. The first-order valence-electron chi connectivity index (χ1n) is 10.7. The van der Waals surface area contributed by atoms with Gasteiger partial charge in [0.2, 0.25) is 5.91 Å². The van der Waals surface area contributed by atoms with Crippen molar-refractivity contribution in [3.8, 4) is 0 Å². The summed E-state index contributed by atoms with van der Waals surface area (Å²) in [6.45, 7) is 4.84. The Hall–Kier alpha value is -3.22. The lowest BCUT2D eigenvalue weighted by atomic mass is 9.97. The summed E-state index contributed by atoms with van der Waals surface area (Å²) in [6, 6.07) is 11.7. The first-order chi connectivity index (χ1) is 14.9. The third kappa shape index (κ3) is 7.85. The van der Waals surface area contributed by atoms with Crippen LogP contribution in [0.3, 0.4) is 0 Å². The van der Waals surface area contributed by atoms with Gasteiger partial charge in [-0.2, -0.15) is 0 Å². The minimum absolute atomic E-state index is 0.0309. The highest BCUT2D eigenvalue weighted by molar-refractivity contribution is 6.04. The molecule has 0 saturated carbocycles. The van der Waals surface area contributed by atoms with Crippen LogP contribution in [0.2, 0.25) is 0 Å². The third-order valence-corrected chi connectivity index (χ3v) is 4.87. The van der Waals surface area contributed by atoms with Crippen molar-refractivity contribution in [2.24, 2.45) is 5.92 Å². The molecule has 0 fully saturated rings. The third-order valence-electron chi connectivity index (χ3n) is 4.87. The molecule has 0 unspecified atom stereocenters. The monoisotopic (exact) mass is 427 g/mol. The summed E-state index contributed by atoms with van der Waals surface area (Å²) in [6.07, 6.45) is 3.68. The van der Waals surface area contributed by atoms with Gasteiger partial charge in [-0.05, 0) is 61.4 Å². The maximum absolute atomic E-state index is 13.0. The van der Waals surface area contributed by atoms with Gasteiger partial charge in [-0.25, -0.2) is 4.39 Å². The van der Waals surface area contributed by atoms with E-state index >= 15 is 0 Å². The number of hydrogen-bond donors (Lipinski definition) is 3. The molecule has 0 spiro atoms. The zero-order valence-corrected chi connectivity index (χ0v) is 18.0. The molecule has 0 atom stereocenters. The molecular weight excluding hydrogens is 397 g/mol. The maximum Gasteiger partial charge on any atom is 0.255 e. The molecule has 2 aromatic carbocycles. The van der Waals surface area contributed by atoms with E-state index in [1.54, 1.807) is 24.3 Å². The number of anilines is 1. The summed E-state index contributed by atoms with van der Waals surface area (Å²) in [5, 5.41) is 8.36. The molecule has 0 aliphatic carbocycles. The second kappa shape index (κ2) is 12.5. The van der Waals surface area contributed by atoms with Crippen LogP contribution in [0.15, 0.2) is 48.5 Å². The Morgan fingerprint density at radius 2 is 1.29 bits per heavy atom. The van der Waals surface area contributed by atoms with E-state index in [2.05, 4.69) is 29.8 Å². The van der Waals surface area contributed by atoms with Crippen LogP contribution in [0.25, 0.3) is 0 Å². The normalized spacial score (nSPS) is 10.6. The molecule has 166 valence electrons. The van der Waals surface area contributed by atoms with E-state index in [1.807, 2.05) is 0 Å². The Balaban J connectivity index is 1.78. The average molecular weight is 428 g/mol. The molecule has 0 aromatic heterocycles. The standard InChI is InChI=1S/C24H30FN3O3/c1-3-5-17(6-4-2)22(29)26-15-16-27-23(30)18-9-13-21(14-10-18)28-24(31)19-7-11-20(25)12-8-19/h7-14,17H,3-6,15-16H2,1-2H3,(H,26,29)(H,27,30)(H,28,31). The van der Waals surface area contributed by atoms with Crippen molar-refractivity contribution in [1.82, 2.24) is 10.6 Å². The highest BCUT2D eigenvalue weighted by Gasteiger charge is 2.16. The van der Waals surface area contributed by atoms with Gasteiger partial charge in [0, 0.05) is 35.8 Å². The molecule has 2 aromatic rings. The SMILES string of the molecule is CCCC(CCC)C(=O)NCCNC(=O)c1ccc(NC(=O)c2ccc(F)cc2)cc1. The second-order valence-electron chi connectivity index (χ2n) is 7.36. The van der Waals surface area contributed by atoms with E-state index in [9.17, 15) is 18.8 Å². The van der Waals surface area contributed by atoms with E-state index in [0.717, 1.165) is 25.7 Å². The number of halogens is 1. The Morgan fingerprint density at radius 1 is 0.774 bits per heavy atom. The molecule has 0 aliphatic heterocycles. The number of carbonyl (C=O) groups excluding carboxylic acids is 3. The molecule has 7 heteroatoms. The topological polar surface area (TPSA) is 87.3 Å². The summed E-state index contributed by atoms with van der Waals surface area (Å²) in [5.74, 6) is -0.961. The van der Waals surface area contributed by atoms with Crippen LogP contribution in [0, 0.1) is 11.7 Å². The van der Waals surface area contributed by atoms with Crippen LogP contribution in [0.5, 0.6) is 0 Å². The highest BCUT2D eigenvalue weighted by Crippen LogP contribution is 2.14. The Labute approximate surface area is 182 Å². The number of nitrogens with one attached hydrogen (secondary N) is 3. The number of rotatable bonds is 11. The average Bonchev–Trinajstić information content (AvgIpc) is 2.77. The molecule has 0 bridgehead atoms. The van der Waals surface area contributed by atoms with E-state index in [0.29, 0.717) is 29.9 Å². The summed E-state index contributed by atoms with van der Waals surface area (Å²) in [4.78, 5) is 36.6. The largest absolute Gasteiger partial charge is 0.354 e. The van der Waals surface area contributed by atoms with Crippen LogP contribution in [-0.4, -0.2) is 30.8 Å². The fourth-order valence-corrected chi connectivity index (χ4v) is 3.22. The van der Waals surface area contributed by atoms with Crippen molar-refractivity contribution in [2.45, 2.75) is 39.5 Å². The summed E-state index contributed by atoms with van der Waals surface area (Å²) in [5.41, 5.74) is 1.31. The van der Waals surface area contributed by atoms with E-state index in [4.69, 9.17) is 0 Å². The molecule has 0 saturated heterocycles. The first-order valence-corrected chi connectivity index (χ1v) is 10.7. The number of benzene rings is 2. The van der Waals surface area contributed by atoms with Crippen molar-refractivity contribution >= 4 is 23.4 Å². The van der Waals surface area contributed by atoms with Gasteiger partial charge in [0.25, 0.3) is 11.8 Å². The lowest BCUT2D eigenvalue weighted by molar-refractivity contribution is -0.125. The molecule has 3 amide bonds. The van der Waals surface area contributed by atoms with Crippen molar-refractivity contribution in [1.29, 1.82) is 0 Å². The lowest BCUT2D eigenvalue weighted by Gasteiger charge is -2.15. The molecule has 2 rings (SSSR count). The van der Waals surface area contributed by atoms with Gasteiger partial charge in [0.15, 0.2) is 0 Å². The predicted molar refractivity (Wildman–Crippen MR) is 119 cm³/mol. The molecular formula is C24H30FN3O3.